The summed E-state index contributed by atoms with van der Waals surface area (Å²) in [6, 6.07) is 0. The van der Waals surface area contributed by atoms with E-state index in [1.807, 2.05) is 0 Å². The Kier molecular flexibility index (Phi) is 2.17. The topological polar surface area (TPSA) is 26.3 Å². The number of esters is 1. The second-order valence-corrected chi connectivity index (χ2v) is 5.97. The van der Waals surface area contributed by atoms with Crippen molar-refractivity contribution in [3.63, 3.8) is 0 Å². The van der Waals surface area contributed by atoms with E-state index in [-0.39, 0.29) is 5.97 Å². The number of hydrogen-bond donors (Lipinski definition) is 0. The molecule has 88 valence electrons. The number of ether oxygens (including phenoxy) is 1. The highest BCUT2D eigenvalue weighted by atomic mass is 16.5. The largest absolute Gasteiger partial charge is 0.431 e. The summed E-state index contributed by atoms with van der Waals surface area (Å²) in [5, 5.41) is 0. The number of carbonyl (C=O) groups is 1. The molecular formula is C14H20O2. The van der Waals surface area contributed by atoms with Gasteiger partial charge in [-0.25, -0.2) is 0 Å². The first-order chi connectivity index (χ1) is 7.59. The zero-order valence-corrected chi connectivity index (χ0v) is 10.3. The van der Waals surface area contributed by atoms with Crippen molar-refractivity contribution in [1.29, 1.82) is 0 Å². The van der Waals surface area contributed by atoms with Crippen LogP contribution in [0.25, 0.3) is 0 Å². The average molecular weight is 220 g/mol. The Morgan fingerprint density at radius 2 is 1.62 bits per heavy atom. The minimum Gasteiger partial charge on any atom is -0.431 e. The number of allylic oxidation sites excluding steroid dienone is 2. The summed E-state index contributed by atoms with van der Waals surface area (Å²) in [4.78, 5) is 11.1. The maximum atomic E-state index is 11.1. The summed E-state index contributed by atoms with van der Waals surface area (Å²) in [7, 11) is 0. The zero-order chi connectivity index (χ0) is 11.4. The molecule has 0 aromatic rings. The van der Waals surface area contributed by atoms with Gasteiger partial charge in [-0.1, -0.05) is 0 Å². The van der Waals surface area contributed by atoms with Crippen molar-refractivity contribution in [1.82, 2.24) is 0 Å². The standard InChI is InChI=1S/C14H20O2/c1-7(2)14(16-8(3)15)13-11-9-4-5-10(6-9)12(11)13/h9-13H,4-6H2,1-3H3/t9-,10+,11+,12-,13?. The quantitative estimate of drug-likeness (QED) is 0.528. The molecular weight excluding hydrogens is 200 g/mol. The molecule has 3 aliphatic carbocycles. The molecule has 0 aromatic heterocycles. The van der Waals surface area contributed by atoms with Crippen molar-refractivity contribution in [3.8, 4) is 0 Å². The van der Waals surface area contributed by atoms with Gasteiger partial charge in [0, 0.05) is 12.8 Å². The first kappa shape index (κ1) is 10.4. The first-order valence-corrected chi connectivity index (χ1v) is 6.45. The van der Waals surface area contributed by atoms with Gasteiger partial charge in [0.2, 0.25) is 0 Å². The van der Waals surface area contributed by atoms with E-state index < -0.39 is 0 Å². The molecule has 3 saturated carbocycles. The van der Waals surface area contributed by atoms with Crippen molar-refractivity contribution >= 4 is 5.97 Å². The van der Waals surface area contributed by atoms with Crippen LogP contribution >= 0.6 is 0 Å². The second-order valence-electron chi connectivity index (χ2n) is 5.97. The van der Waals surface area contributed by atoms with Crippen molar-refractivity contribution < 1.29 is 9.53 Å². The number of hydrogen-bond acceptors (Lipinski definition) is 2. The highest BCUT2D eigenvalue weighted by molar-refractivity contribution is 5.67. The van der Waals surface area contributed by atoms with Gasteiger partial charge in [0.05, 0.1) is 0 Å². The summed E-state index contributed by atoms with van der Waals surface area (Å²) in [6.07, 6.45) is 4.28. The van der Waals surface area contributed by atoms with Crippen LogP contribution in [0, 0.1) is 29.6 Å². The smallest absolute Gasteiger partial charge is 0.307 e. The summed E-state index contributed by atoms with van der Waals surface area (Å²) >= 11 is 0. The molecule has 0 spiro atoms. The monoisotopic (exact) mass is 220 g/mol. The van der Waals surface area contributed by atoms with Gasteiger partial charge in [-0.2, -0.15) is 0 Å². The molecule has 1 unspecified atom stereocenters. The van der Waals surface area contributed by atoms with Crippen molar-refractivity contribution in [3.05, 3.63) is 11.3 Å². The maximum Gasteiger partial charge on any atom is 0.307 e. The molecule has 2 bridgehead atoms. The molecule has 0 aliphatic heterocycles. The van der Waals surface area contributed by atoms with Crippen LogP contribution in [0.4, 0.5) is 0 Å². The van der Waals surface area contributed by atoms with E-state index in [9.17, 15) is 4.79 Å². The van der Waals surface area contributed by atoms with Crippen LogP contribution in [0.15, 0.2) is 11.3 Å². The number of carbonyl (C=O) groups excluding carboxylic acids is 1. The Morgan fingerprint density at radius 1 is 1.06 bits per heavy atom. The normalized spacial score (nSPS) is 42.8. The predicted molar refractivity (Wildman–Crippen MR) is 61.4 cm³/mol. The Labute approximate surface area is 97.1 Å². The third kappa shape index (κ3) is 1.35. The molecule has 3 aliphatic rings. The van der Waals surface area contributed by atoms with E-state index in [4.69, 9.17) is 4.74 Å². The molecule has 0 aromatic carbocycles. The number of rotatable bonds is 2. The maximum absolute atomic E-state index is 11.1. The third-order valence-corrected chi connectivity index (χ3v) is 4.78. The lowest BCUT2D eigenvalue weighted by Gasteiger charge is -2.13. The zero-order valence-electron chi connectivity index (χ0n) is 10.3. The summed E-state index contributed by atoms with van der Waals surface area (Å²) in [6.45, 7) is 5.64. The van der Waals surface area contributed by atoms with Crippen molar-refractivity contribution in [2.45, 2.75) is 40.0 Å². The highest BCUT2D eigenvalue weighted by Crippen LogP contribution is 2.71. The van der Waals surface area contributed by atoms with Gasteiger partial charge in [0.1, 0.15) is 5.76 Å². The summed E-state index contributed by atoms with van der Waals surface area (Å²) in [5.41, 5.74) is 1.19. The highest BCUT2D eigenvalue weighted by Gasteiger charge is 2.66. The molecule has 16 heavy (non-hydrogen) atoms. The Hall–Kier alpha value is -0.790. The van der Waals surface area contributed by atoms with E-state index in [2.05, 4.69) is 13.8 Å². The molecule has 3 rings (SSSR count). The van der Waals surface area contributed by atoms with Crippen LogP contribution in [-0.2, 0) is 9.53 Å². The molecule has 0 radical (unpaired) electrons. The SMILES string of the molecule is CC(=O)OC(=C(C)C)C1[C@@H]2[C@H]3CC[C@H](C3)[C@H]12. The molecule has 0 heterocycles. The minimum atomic E-state index is -0.159. The van der Waals surface area contributed by atoms with Crippen LogP contribution in [-0.4, -0.2) is 5.97 Å². The van der Waals surface area contributed by atoms with Crippen LogP contribution in [0.3, 0.4) is 0 Å². The van der Waals surface area contributed by atoms with Gasteiger partial charge >= 0.3 is 5.97 Å². The fourth-order valence-electron chi connectivity index (χ4n) is 4.33. The van der Waals surface area contributed by atoms with Crippen molar-refractivity contribution in [2.75, 3.05) is 0 Å². The first-order valence-electron chi connectivity index (χ1n) is 6.45. The van der Waals surface area contributed by atoms with E-state index >= 15 is 0 Å². The second kappa shape index (κ2) is 3.35. The Morgan fingerprint density at radius 3 is 2.06 bits per heavy atom. The van der Waals surface area contributed by atoms with Crippen LogP contribution in [0.1, 0.15) is 40.0 Å². The van der Waals surface area contributed by atoms with Gasteiger partial charge < -0.3 is 4.74 Å². The fraction of sp³-hybridized carbons (Fsp3) is 0.786. The fourth-order valence-corrected chi connectivity index (χ4v) is 4.33. The predicted octanol–water partition coefficient (Wildman–Crippen LogP) is 3.14. The van der Waals surface area contributed by atoms with Gasteiger partial charge in [0.25, 0.3) is 0 Å². The summed E-state index contributed by atoms with van der Waals surface area (Å²) < 4.78 is 5.44. The average Bonchev–Trinajstić information content (AvgIpc) is 2.63. The molecule has 5 atom stereocenters. The molecule has 0 saturated heterocycles. The molecule has 2 heteroatoms. The minimum absolute atomic E-state index is 0.159. The van der Waals surface area contributed by atoms with E-state index in [0.717, 1.165) is 29.4 Å². The molecule has 0 N–H and O–H groups in total. The van der Waals surface area contributed by atoms with E-state index in [1.54, 1.807) is 0 Å². The molecule has 2 nitrogen and oxygen atoms in total. The van der Waals surface area contributed by atoms with Gasteiger partial charge in [-0.15, -0.1) is 0 Å². The Bertz CT molecular complexity index is 349. The lowest BCUT2D eigenvalue weighted by atomic mass is 10.00. The molecule has 0 amide bonds. The van der Waals surface area contributed by atoms with Crippen LogP contribution < -0.4 is 0 Å². The van der Waals surface area contributed by atoms with Gasteiger partial charge in [0.15, 0.2) is 0 Å². The lowest BCUT2D eigenvalue weighted by molar-refractivity contribution is -0.137. The van der Waals surface area contributed by atoms with E-state index in [0.29, 0.717) is 5.92 Å². The van der Waals surface area contributed by atoms with Crippen molar-refractivity contribution in [2.24, 2.45) is 29.6 Å². The van der Waals surface area contributed by atoms with Crippen LogP contribution in [0.5, 0.6) is 0 Å². The van der Waals surface area contributed by atoms with Crippen LogP contribution in [0.2, 0.25) is 0 Å². The van der Waals surface area contributed by atoms with Gasteiger partial charge in [-0.05, 0) is 62.4 Å². The van der Waals surface area contributed by atoms with E-state index in [1.165, 1.54) is 31.8 Å². The molecule has 3 fully saturated rings. The lowest BCUT2D eigenvalue weighted by Crippen LogP contribution is -2.08. The Balaban J connectivity index is 1.79. The van der Waals surface area contributed by atoms with Gasteiger partial charge in [-0.3, -0.25) is 4.79 Å². The third-order valence-electron chi connectivity index (χ3n) is 4.78. The number of fused-ring (bicyclic) bond motifs is 5. The summed E-state index contributed by atoms with van der Waals surface area (Å²) in [5.74, 6) is 4.99.